The molecule has 0 fully saturated rings. The van der Waals surface area contributed by atoms with E-state index in [4.69, 9.17) is 4.74 Å². The number of carbonyl (C=O) groups excluding carboxylic acids is 1. The van der Waals surface area contributed by atoms with Gasteiger partial charge < -0.3 is 24.8 Å². The second kappa shape index (κ2) is 13.6. The fraction of sp³-hybridized carbons (Fsp3) is 0.789. The average Bonchev–Trinajstić information content (AvgIpc) is 3.05. The summed E-state index contributed by atoms with van der Waals surface area (Å²) in [5.41, 5.74) is -0.489. The molecule has 168 valence electrons. The molecule has 0 aliphatic rings. The van der Waals surface area contributed by atoms with Crippen LogP contribution in [0.4, 0.5) is 4.79 Å². The first-order chi connectivity index (χ1) is 13.2. The van der Waals surface area contributed by atoms with Crippen molar-refractivity contribution in [3.8, 4) is 0 Å². The number of carbonyl (C=O) groups is 1. The Labute approximate surface area is 192 Å². The topological polar surface area (TPSA) is 96.7 Å². The molecule has 0 aliphatic carbocycles. The molecule has 0 aromatic carbocycles. The van der Waals surface area contributed by atoms with Crippen LogP contribution in [0.5, 0.6) is 0 Å². The quantitative estimate of drug-likeness (QED) is 0.224. The third kappa shape index (κ3) is 10.7. The van der Waals surface area contributed by atoms with Gasteiger partial charge in [0.15, 0.2) is 5.96 Å². The van der Waals surface area contributed by atoms with Gasteiger partial charge in [0.1, 0.15) is 17.8 Å². The standard InChI is InChI=1S/C19H37N7O2.HI/c1-8-16-24-23-14-25(16)13-11-22-17(20-7)21-10-9-12-26(15(2)3)18(27)28-19(4,5)6;/h14-15H,8-13H2,1-7H3,(H2,20,21,22);1H. The van der Waals surface area contributed by atoms with Crippen LogP contribution in [0.2, 0.25) is 0 Å². The van der Waals surface area contributed by atoms with Gasteiger partial charge in [-0.15, -0.1) is 34.2 Å². The number of nitrogens with zero attached hydrogens (tertiary/aromatic N) is 5. The highest BCUT2D eigenvalue weighted by atomic mass is 127. The number of aliphatic imine (C=N–C) groups is 1. The Balaban J connectivity index is 0.00000784. The summed E-state index contributed by atoms with van der Waals surface area (Å²) in [6, 6.07) is 0.0869. The van der Waals surface area contributed by atoms with Crippen molar-refractivity contribution in [3.05, 3.63) is 12.2 Å². The van der Waals surface area contributed by atoms with E-state index in [1.54, 1.807) is 18.3 Å². The minimum absolute atomic E-state index is 0. The first-order valence-corrected chi connectivity index (χ1v) is 9.98. The monoisotopic (exact) mass is 523 g/mol. The Morgan fingerprint density at radius 1 is 1.31 bits per heavy atom. The van der Waals surface area contributed by atoms with E-state index in [1.165, 1.54) is 0 Å². The lowest BCUT2D eigenvalue weighted by molar-refractivity contribution is 0.0190. The van der Waals surface area contributed by atoms with Gasteiger partial charge in [0.2, 0.25) is 0 Å². The summed E-state index contributed by atoms with van der Waals surface area (Å²) >= 11 is 0. The Bertz CT molecular complexity index is 626. The summed E-state index contributed by atoms with van der Waals surface area (Å²) in [6.07, 6.45) is 3.12. The van der Waals surface area contributed by atoms with Gasteiger partial charge >= 0.3 is 6.09 Å². The van der Waals surface area contributed by atoms with E-state index in [-0.39, 0.29) is 36.1 Å². The second-order valence-electron chi connectivity index (χ2n) is 7.84. The highest BCUT2D eigenvalue weighted by molar-refractivity contribution is 14.0. The van der Waals surface area contributed by atoms with Crippen molar-refractivity contribution in [2.75, 3.05) is 26.7 Å². The molecule has 0 aliphatic heterocycles. The normalized spacial score (nSPS) is 11.8. The molecule has 2 N–H and O–H groups in total. The van der Waals surface area contributed by atoms with Crippen LogP contribution in [0.25, 0.3) is 0 Å². The molecule has 0 saturated heterocycles. The van der Waals surface area contributed by atoms with Crippen LogP contribution >= 0.6 is 24.0 Å². The second-order valence-corrected chi connectivity index (χ2v) is 7.84. The van der Waals surface area contributed by atoms with Crippen LogP contribution in [0.3, 0.4) is 0 Å². The molecule has 0 saturated carbocycles. The molecule has 0 bridgehead atoms. The summed E-state index contributed by atoms with van der Waals surface area (Å²) in [4.78, 5) is 18.3. The molecule has 1 rings (SSSR count). The summed E-state index contributed by atoms with van der Waals surface area (Å²) in [5.74, 6) is 1.71. The number of rotatable bonds is 9. The molecule has 0 atom stereocenters. The molecular weight excluding hydrogens is 485 g/mol. The van der Waals surface area contributed by atoms with Crippen LogP contribution in [-0.4, -0.2) is 70.0 Å². The molecule has 1 amide bonds. The fourth-order valence-electron chi connectivity index (χ4n) is 2.59. The summed E-state index contributed by atoms with van der Waals surface area (Å²) in [6.45, 7) is 14.5. The third-order valence-electron chi connectivity index (χ3n) is 4.00. The van der Waals surface area contributed by atoms with Gasteiger partial charge in [-0.1, -0.05) is 6.92 Å². The molecule has 1 aromatic heterocycles. The van der Waals surface area contributed by atoms with Crippen molar-refractivity contribution in [2.45, 2.75) is 72.6 Å². The Morgan fingerprint density at radius 3 is 2.52 bits per heavy atom. The molecule has 1 heterocycles. The van der Waals surface area contributed by atoms with Crippen LogP contribution in [0.1, 0.15) is 53.8 Å². The van der Waals surface area contributed by atoms with Crippen molar-refractivity contribution < 1.29 is 9.53 Å². The van der Waals surface area contributed by atoms with Crippen molar-refractivity contribution in [1.29, 1.82) is 0 Å². The van der Waals surface area contributed by atoms with E-state index in [0.29, 0.717) is 13.1 Å². The Kier molecular flexibility index (Phi) is 12.9. The number of hydrogen-bond acceptors (Lipinski definition) is 5. The molecule has 10 heteroatoms. The van der Waals surface area contributed by atoms with Crippen molar-refractivity contribution in [2.24, 2.45) is 4.99 Å². The van der Waals surface area contributed by atoms with Gasteiger partial charge in [0.25, 0.3) is 0 Å². The predicted octanol–water partition coefficient (Wildman–Crippen LogP) is 2.66. The molecule has 0 spiro atoms. The third-order valence-corrected chi connectivity index (χ3v) is 4.00. The number of aromatic nitrogens is 3. The lowest BCUT2D eigenvalue weighted by atomic mass is 10.2. The lowest BCUT2D eigenvalue weighted by Crippen LogP contribution is -2.43. The predicted molar refractivity (Wildman–Crippen MR) is 127 cm³/mol. The average molecular weight is 523 g/mol. The zero-order valence-electron chi connectivity index (χ0n) is 18.9. The maximum absolute atomic E-state index is 12.3. The zero-order chi connectivity index (χ0) is 21.2. The smallest absolute Gasteiger partial charge is 0.410 e. The zero-order valence-corrected chi connectivity index (χ0v) is 21.2. The van der Waals surface area contributed by atoms with Crippen molar-refractivity contribution >= 4 is 36.0 Å². The van der Waals surface area contributed by atoms with Crippen LogP contribution in [0, 0.1) is 0 Å². The van der Waals surface area contributed by atoms with Crippen molar-refractivity contribution in [1.82, 2.24) is 30.3 Å². The van der Waals surface area contributed by atoms with E-state index in [1.807, 2.05) is 39.2 Å². The van der Waals surface area contributed by atoms with Crippen LogP contribution < -0.4 is 10.6 Å². The van der Waals surface area contributed by atoms with Gasteiger partial charge in [-0.05, 0) is 41.0 Å². The first-order valence-electron chi connectivity index (χ1n) is 9.98. The van der Waals surface area contributed by atoms with E-state index in [9.17, 15) is 4.79 Å². The van der Waals surface area contributed by atoms with Gasteiger partial charge in [-0.2, -0.15) is 0 Å². The molecular formula is C19H38IN7O2. The van der Waals surface area contributed by atoms with Crippen molar-refractivity contribution in [3.63, 3.8) is 0 Å². The minimum atomic E-state index is -0.489. The highest BCUT2D eigenvalue weighted by Gasteiger charge is 2.23. The largest absolute Gasteiger partial charge is 0.444 e. The number of amides is 1. The van der Waals surface area contributed by atoms with Gasteiger partial charge in [-0.3, -0.25) is 4.99 Å². The fourth-order valence-corrected chi connectivity index (χ4v) is 2.59. The maximum Gasteiger partial charge on any atom is 0.410 e. The van der Waals surface area contributed by atoms with Crippen LogP contribution in [0.15, 0.2) is 11.3 Å². The molecule has 29 heavy (non-hydrogen) atoms. The van der Waals surface area contributed by atoms with E-state index < -0.39 is 5.60 Å². The molecule has 9 nitrogen and oxygen atoms in total. The van der Waals surface area contributed by atoms with Gasteiger partial charge in [0, 0.05) is 45.7 Å². The molecule has 0 radical (unpaired) electrons. The molecule has 0 unspecified atom stereocenters. The Hall–Kier alpha value is -1.59. The van der Waals surface area contributed by atoms with Gasteiger partial charge in [-0.25, -0.2) is 4.79 Å². The van der Waals surface area contributed by atoms with E-state index in [2.05, 4.69) is 32.7 Å². The SMILES string of the molecule is CCc1nncn1CCNC(=NC)NCCCN(C(=O)OC(C)(C)C)C(C)C.I. The number of ether oxygens (including phenoxy) is 1. The minimum Gasteiger partial charge on any atom is -0.444 e. The van der Waals surface area contributed by atoms with E-state index in [0.717, 1.165) is 37.7 Å². The Morgan fingerprint density at radius 2 is 1.97 bits per heavy atom. The lowest BCUT2D eigenvalue weighted by Gasteiger charge is -2.30. The summed E-state index contributed by atoms with van der Waals surface area (Å²) in [7, 11) is 1.74. The maximum atomic E-state index is 12.3. The highest BCUT2D eigenvalue weighted by Crippen LogP contribution is 2.12. The van der Waals surface area contributed by atoms with Gasteiger partial charge in [0.05, 0.1) is 0 Å². The number of hydrogen-bond donors (Lipinski definition) is 2. The van der Waals surface area contributed by atoms with E-state index >= 15 is 0 Å². The van der Waals surface area contributed by atoms with Crippen LogP contribution in [-0.2, 0) is 17.7 Å². The number of guanidine groups is 1. The summed E-state index contributed by atoms with van der Waals surface area (Å²) in [5, 5.41) is 14.6. The molecule has 1 aromatic rings. The number of nitrogens with one attached hydrogen (secondary N) is 2. The number of aryl methyl sites for hydroxylation is 1. The summed E-state index contributed by atoms with van der Waals surface area (Å²) < 4.78 is 7.52. The first kappa shape index (κ1) is 27.4. The number of halogens is 1.